The summed E-state index contributed by atoms with van der Waals surface area (Å²) in [5.41, 5.74) is 1.37. The van der Waals surface area contributed by atoms with E-state index in [-0.39, 0.29) is 12.6 Å². The van der Waals surface area contributed by atoms with Crippen LogP contribution in [0.25, 0.3) is 0 Å². The van der Waals surface area contributed by atoms with Crippen molar-refractivity contribution in [1.82, 2.24) is 4.37 Å². The van der Waals surface area contributed by atoms with E-state index in [0.29, 0.717) is 12.0 Å². The lowest BCUT2D eigenvalue weighted by molar-refractivity contribution is 0.282. The van der Waals surface area contributed by atoms with Gasteiger partial charge in [-0.3, -0.25) is 0 Å². The summed E-state index contributed by atoms with van der Waals surface area (Å²) in [6, 6.07) is 2.27. The third-order valence-corrected chi connectivity index (χ3v) is 2.78. The average molecular weight is 211 g/mol. The first-order valence-electron chi connectivity index (χ1n) is 4.42. The average Bonchev–Trinajstić information content (AvgIpc) is 2.47. The summed E-state index contributed by atoms with van der Waals surface area (Å²) in [5, 5.41) is 21.5. The molecule has 0 fully saturated rings. The first-order valence-corrected chi connectivity index (χ1v) is 5.20. The monoisotopic (exact) mass is 211 g/mol. The molecule has 1 unspecified atom stereocenters. The van der Waals surface area contributed by atoms with Crippen molar-refractivity contribution in [3.05, 3.63) is 11.3 Å². The smallest absolute Gasteiger partial charge is 0.127 e. The van der Waals surface area contributed by atoms with Gasteiger partial charge in [0.2, 0.25) is 0 Å². The van der Waals surface area contributed by atoms with E-state index in [4.69, 9.17) is 10.4 Å². The number of aliphatic hydroxyl groups is 1. The highest BCUT2D eigenvalue weighted by Crippen LogP contribution is 2.24. The zero-order valence-electron chi connectivity index (χ0n) is 8.24. The second-order valence-corrected chi connectivity index (χ2v) is 3.91. The third-order valence-electron chi connectivity index (χ3n) is 1.91. The molecule has 0 bridgehead atoms. The molecule has 2 N–H and O–H groups in total. The van der Waals surface area contributed by atoms with Crippen LogP contribution in [0.5, 0.6) is 0 Å². The summed E-state index contributed by atoms with van der Waals surface area (Å²) in [6.45, 7) is 3.93. The van der Waals surface area contributed by atoms with E-state index in [9.17, 15) is 0 Å². The summed E-state index contributed by atoms with van der Waals surface area (Å²) in [7, 11) is 0. The van der Waals surface area contributed by atoms with Crippen molar-refractivity contribution in [3.63, 3.8) is 0 Å². The fourth-order valence-corrected chi connectivity index (χ4v) is 1.95. The highest BCUT2D eigenvalue weighted by Gasteiger charge is 2.11. The molecular weight excluding hydrogens is 198 g/mol. The zero-order chi connectivity index (χ0) is 10.6. The quantitative estimate of drug-likeness (QED) is 0.792. The number of aryl methyl sites for hydroxylation is 1. The molecule has 0 spiro atoms. The Morgan fingerprint density at radius 2 is 2.43 bits per heavy atom. The van der Waals surface area contributed by atoms with Crippen molar-refractivity contribution in [2.75, 3.05) is 11.9 Å². The fraction of sp³-hybridized carbons (Fsp3) is 0.556. The highest BCUT2D eigenvalue weighted by molar-refractivity contribution is 7.10. The second-order valence-electron chi connectivity index (χ2n) is 3.14. The molecule has 0 radical (unpaired) electrons. The predicted octanol–water partition coefficient (Wildman–Crippen LogP) is 1.51. The zero-order valence-corrected chi connectivity index (χ0v) is 9.06. The van der Waals surface area contributed by atoms with Gasteiger partial charge in [-0.25, -0.2) is 0 Å². The number of aliphatic hydroxyl groups excluding tert-OH is 1. The molecule has 1 aromatic rings. The first-order chi connectivity index (χ1) is 6.69. The van der Waals surface area contributed by atoms with Gasteiger partial charge in [0.25, 0.3) is 0 Å². The molecule has 14 heavy (non-hydrogen) atoms. The van der Waals surface area contributed by atoms with Gasteiger partial charge in [-0.1, -0.05) is 0 Å². The highest BCUT2D eigenvalue weighted by atomic mass is 32.1. The number of hydrogen-bond donors (Lipinski definition) is 2. The SMILES string of the molecule is Cc1nsc(NC(C)CCO)c1C#N. The molecule has 4 nitrogen and oxygen atoms in total. The van der Waals surface area contributed by atoms with Crippen LogP contribution in [0.2, 0.25) is 0 Å². The van der Waals surface area contributed by atoms with E-state index in [1.807, 2.05) is 13.8 Å². The number of nitriles is 1. The molecule has 0 aromatic carbocycles. The Hall–Kier alpha value is -1.12. The minimum atomic E-state index is 0.147. The molecule has 76 valence electrons. The van der Waals surface area contributed by atoms with Crippen LogP contribution in [-0.2, 0) is 0 Å². The Bertz CT molecular complexity index is 342. The number of nitrogens with one attached hydrogen (secondary N) is 1. The van der Waals surface area contributed by atoms with Gasteiger partial charge in [0.1, 0.15) is 16.6 Å². The van der Waals surface area contributed by atoms with Gasteiger partial charge < -0.3 is 10.4 Å². The Morgan fingerprint density at radius 3 is 3.00 bits per heavy atom. The van der Waals surface area contributed by atoms with Crippen molar-refractivity contribution in [2.24, 2.45) is 0 Å². The Morgan fingerprint density at radius 1 is 1.71 bits per heavy atom. The van der Waals surface area contributed by atoms with Crippen LogP contribution >= 0.6 is 11.5 Å². The minimum Gasteiger partial charge on any atom is -0.396 e. The summed E-state index contributed by atoms with van der Waals surface area (Å²) in [6.07, 6.45) is 0.668. The predicted molar refractivity (Wildman–Crippen MR) is 56.4 cm³/mol. The summed E-state index contributed by atoms with van der Waals surface area (Å²) in [5.74, 6) is 0. The Labute approximate surface area is 87.4 Å². The number of anilines is 1. The second kappa shape index (κ2) is 4.94. The van der Waals surface area contributed by atoms with Gasteiger partial charge in [0, 0.05) is 12.6 Å². The molecule has 0 aliphatic rings. The van der Waals surface area contributed by atoms with E-state index >= 15 is 0 Å². The van der Waals surface area contributed by atoms with E-state index in [1.165, 1.54) is 11.5 Å². The van der Waals surface area contributed by atoms with Crippen LogP contribution in [0.4, 0.5) is 5.00 Å². The van der Waals surface area contributed by atoms with Crippen LogP contribution in [0.3, 0.4) is 0 Å². The van der Waals surface area contributed by atoms with Crippen LogP contribution in [0.1, 0.15) is 24.6 Å². The summed E-state index contributed by atoms with van der Waals surface area (Å²) in [4.78, 5) is 0. The van der Waals surface area contributed by atoms with Crippen LogP contribution in [0, 0.1) is 18.3 Å². The molecule has 0 amide bonds. The third kappa shape index (κ3) is 2.44. The molecule has 1 rings (SSSR count). The van der Waals surface area contributed by atoms with Gasteiger partial charge in [-0.15, -0.1) is 0 Å². The lowest BCUT2D eigenvalue weighted by Gasteiger charge is -2.11. The van der Waals surface area contributed by atoms with Gasteiger partial charge in [-0.05, 0) is 31.8 Å². The maximum Gasteiger partial charge on any atom is 0.127 e. The summed E-state index contributed by atoms with van der Waals surface area (Å²) < 4.78 is 4.09. The van der Waals surface area contributed by atoms with E-state index < -0.39 is 0 Å². The molecule has 5 heteroatoms. The van der Waals surface area contributed by atoms with Crippen molar-refractivity contribution in [1.29, 1.82) is 5.26 Å². The molecule has 1 aromatic heterocycles. The molecule has 0 aliphatic carbocycles. The topological polar surface area (TPSA) is 68.9 Å². The van der Waals surface area contributed by atoms with Gasteiger partial charge in [-0.2, -0.15) is 9.64 Å². The molecular formula is C9H13N3OS. The van der Waals surface area contributed by atoms with E-state index in [0.717, 1.165) is 10.7 Å². The van der Waals surface area contributed by atoms with Crippen LogP contribution in [0.15, 0.2) is 0 Å². The van der Waals surface area contributed by atoms with Gasteiger partial charge in [0.15, 0.2) is 0 Å². The number of aromatic nitrogens is 1. The van der Waals surface area contributed by atoms with Crippen LogP contribution in [-0.4, -0.2) is 22.1 Å². The maximum atomic E-state index is 8.86. The minimum absolute atomic E-state index is 0.147. The lowest BCUT2D eigenvalue weighted by atomic mass is 10.2. The molecule has 0 saturated heterocycles. The molecule has 0 aliphatic heterocycles. The van der Waals surface area contributed by atoms with E-state index in [1.54, 1.807) is 0 Å². The molecule has 1 atom stereocenters. The van der Waals surface area contributed by atoms with Crippen molar-refractivity contribution < 1.29 is 5.11 Å². The first kappa shape index (κ1) is 11.0. The van der Waals surface area contributed by atoms with Crippen molar-refractivity contribution in [2.45, 2.75) is 26.3 Å². The van der Waals surface area contributed by atoms with Gasteiger partial charge in [0.05, 0.1) is 5.69 Å². The number of rotatable bonds is 4. The van der Waals surface area contributed by atoms with Crippen molar-refractivity contribution >= 4 is 16.5 Å². The van der Waals surface area contributed by atoms with Crippen molar-refractivity contribution in [3.8, 4) is 6.07 Å². The van der Waals surface area contributed by atoms with Gasteiger partial charge >= 0.3 is 0 Å². The summed E-state index contributed by atoms with van der Waals surface area (Å²) >= 11 is 1.29. The van der Waals surface area contributed by atoms with E-state index in [2.05, 4.69) is 15.8 Å². The normalized spacial score (nSPS) is 12.1. The molecule has 0 saturated carbocycles. The number of nitrogens with zero attached hydrogens (tertiary/aromatic N) is 2. The lowest BCUT2D eigenvalue weighted by Crippen LogP contribution is -2.16. The largest absolute Gasteiger partial charge is 0.396 e. The van der Waals surface area contributed by atoms with Crippen LogP contribution < -0.4 is 5.32 Å². The standard InChI is InChI=1S/C9H13N3OS/c1-6(3-4-13)11-9-8(5-10)7(2)12-14-9/h6,11,13H,3-4H2,1-2H3. The molecule has 1 heterocycles. The Kier molecular flexibility index (Phi) is 3.86. The maximum absolute atomic E-state index is 8.86. The fourth-order valence-electron chi connectivity index (χ4n) is 1.09. The number of hydrogen-bond acceptors (Lipinski definition) is 5. The Balaban J connectivity index is 2.72.